The van der Waals surface area contributed by atoms with Gasteiger partial charge in [0.05, 0.1) is 13.2 Å². The van der Waals surface area contributed by atoms with E-state index in [4.69, 9.17) is 4.74 Å². The Morgan fingerprint density at radius 3 is 2.68 bits per heavy atom. The van der Waals surface area contributed by atoms with Gasteiger partial charge in [-0.1, -0.05) is 6.07 Å². The summed E-state index contributed by atoms with van der Waals surface area (Å²) in [7, 11) is 1.62. The molecular formula is C19H29N3O3. The summed E-state index contributed by atoms with van der Waals surface area (Å²) in [6.07, 6.45) is 3.73. The smallest absolute Gasteiger partial charge is 0.321 e. The number of likely N-dealkylation sites (tertiary alicyclic amines) is 2. The van der Waals surface area contributed by atoms with Gasteiger partial charge in [-0.25, -0.2) is 4.79 Å². The number of methoxy groups -OCH3 is 1. The highest BCUT2D eigenvalue weighted by Gasteiger charge is 2.29. The van der Waals surface area contributed by atoms with Crippen LogP contribution in [-0.4, -0.2) is 66.4 Å². The van der Waals surface area contributed by atoms with Crippen LogP contribution in [0.2, 0.25) is 0 Å². The number of urea groups is 1. The Morgan fingerprint density at radius 2 is 2.00 bits per heavy atom. The molecule has 2 fully saturated rings. The lowest BCUT2D eigenvalue weighted by molar-refractivity contribution is 0.0298. The molecule has 2 amide bonds. The number of aliphatic hydroxyl groups is 1. The normalized spacial score (nSPS) is 22.7. The molecule has 0 aliphatic carbocycles. The third kappa shape index (κ3) is 4.44. The standard InChI is InChI=1S/C19H29N3O3/c1-14-5-6-17(25-2)12-18(14)20-19(24)21-10-7-15(8-11-21)22-9-3-4-16(23)13-22/h5-6,12,15-16,23H,3-4,7-11,13H2,1-2H3,(H,20,24)/t16-/m0/s1. The van der Waals surface area contributed by atoms with Crippen molar-refractivity contribution in [2.45, 2.75) is 44.8 Å². The minimum absolute atomic E-state index is 0.0477. The van der Waals surface area contributed by atoms with Crippen molar-refractivity contribution in [1.29, 1.82) is 0 Å². The average molecular weight is 347 g/mol. The van der Waals surface area contributed by atoms with Crippen molar-refractivity contribution < 1.29 is 14.6 Å². The van der Waals surface area contributed by atoms with Crippen LogP contribution in [0.15, 0.2) is 18.2 Å². The maximum atomic E-state index is 12.6. The largest absolute Gasteiger partial charge is 0.497 e. The third-order valence-corrected chi connectivity index (χ3v) is 5.38. The first kappa shape index (κ1) is 18.0. The van der Waals surface area contributed by atoms with Crippen LogP contribution in [0, 0.1) is 6.92 Å². The highest BCUT2D eigenvalue weighted by atomic mass is 16.5. The van der Waals surface area contributed by atoms with Gasteiger partial charge in [-0.05, 0) is 50.8 Å². The lowest BCUT2D eigenvalue weighted by Gasteiger charge is -2.41. The molecule has 1 atom stereocenters. The molecule has 6 nitrogen and oxygen atoms in total. The van der Waals surface area contributed by atoms with Crippen molar-refractivity contribution in [1.82, 2.24) is 9.80 Å². The van der Waals surface area contributed by atoms with E-state index < -0.39 is 0 Å². The SMILES string of the molecule is COc1ccc(C)c(NC(=O)N2CCC(N3CCC[C@H](O)C3)CC2)c1. The number of hydrogen-bond donors (Lipinski definition) is 2. The first-order chi connectivity index (χ1) is 12.1. The highest BCUT2D eigenvalue weighted by Crippen LogP contribution is 2.24. The van der Waals surface area contributed by atoms with E-state index in [0.29, 0.717) is 6.04 Å². The number of benzene rings is 1. The van der Waals surface area contributed by atoms with Gasteiger partial charge in [-0.2, -0.15) is 0 Å². The Kier molecular flexibility index (Phi) is 5.81. The molecule has 2 aliphatic rings. The summed E-state index contributed by atoms with van der Waals surface area (Å²) >= 11 is 0. The van der Waals surface area contributed by atoms with Crippen LogP contribution in [0.25, 0.3) is 0 Å². The van der Waals surface area contributed by atoms with Crippen LogP contribution < -0.4 is 10.1 Å². The van der Waals surface area contributed by atoms with Crippen LogP contribution in [0.1, 0.15) is 31.2 Å². The fourth-order valence-corrected chi connectivity index (χ4v) is 3.81. The van der Waals surface area contributed by atoms with Crippen molar-refractivity contribution in [2.24, 2.45) is 0 Å². The van der Waals surface area contributed by atoms with Crippen LogP contribution in [0.3, 0.4) is 0 Å². The van der Waals surface area contributed by atoms with E-state index in [2.05, 4.69) is 10.2 Å². The Hall–Kier alpha value is -1.79. The molecule has 0 aromatic heterocycles. The van der Waals surface area contributed by atoms with Crippen molar-refractivity contribution in [3.63, 3.8) is 0 Å². The van der Waals surface area contributed by atoms with Gasteiger partial charge >= 0.3 is 6.03 Å². The molecule has 2 heterocycles. The number of amides is 2. The number of aryl methyl sites for hydroxylation is 1. The fourth-order valence-electron chi connectivity index (χ4n) is 3.81. The predicted molar refractivity (Wildman–Crippen MR) is 98.2 cm³/mol. The molecule has 2 aliphatic heterocycles. The van der Waals surface area contributed by atoms with Gasteiger partial charge in [0.2, 0.25) is 0 Å². The van der Waals surface area contributed by atoms with Gasteiger partial charge in [0.1, 0.15) is 5.75 Å². The molecule has 0 spiro atoms. The monoisotopic (exact) mass is 347 g/mol. The number of hydrogen-bond acceptors (Lipinski definition) is 4. The number of nitrogens with zero attached hydrogens (tertiary/aromatic N) is 2. The summed E-state index contributed by atoms with van der Waals surface area (Å²) in [4.78, 5) is 16.9. The summed E-state index contributed by atoms with van der Waals surface area (Å²) in [5.41, 5.74) is 1.82. The highest BCUT2D eigenvalue weighted by molar-refractivity contribution is 5.90. The van der Waals surface area contributed by atoms with Crippen LogP contribution in [0.4, 0.5) is 10.5 Å². The fraction of sp³-hybridized carbons (Fsp3) is 0.632. The molecule has 25 heavy (non-hydrogen) atoms. The van der Waals surface area contributed by atoms with E-state index in [1.54, 1.807) is 7.11 Å². The van der Waals surface area contributed by atoms with Crippen LogP contribution in [-0.2, 0) is 0 Å². The Morgan fingerprint density at radius 1 is 1.24 bits per heavy atom. The summed E-state index contributed by atoms with van der Waals surface area (Å²) in [6.45, 7) is 5.33. The van der Waals surface area contributed by atoms with Crippen molar-refractivity contribution >= 4 is 11.7 Å². The number of piperidine rings is 2. The quantitative estimate of drug-likeness (QED) is 0.882. The Bertz CT molecular complexity index is 600. The molecule has 0 bridgehead atoms. The van der Waals surface area contributed by atoms with Gasteiger partial charge in [-0.3, -0.25) is 4.90 Å². The van der Waals surface area contributed by atoms with E-state index in [1.807, 2.05) is 30.0 Å². The third-order valence-electron chi connectivity index (χ3n) is 5.38. The average Bonchev–Trinajstić information content (AvgIpc) is 2.63. The first-order valence-electron chi connectivity index (χ1n) is 9.19. The molecule has 0 unspecified atom stereocenters. The molecule has 0 saturated carbocycles. The predicted octanol–water partition coefficient (Wildman–Crippen LogP) is 2.46. The van der Waals surface area contributed by atoms with Crippen LogP contribution >= 0.6 is 0 Å². The van der Waals surface area contributed by atoms with Gasteiger partial charge in [0.15, 0.2) is 0 Å². The van der Waals surface area contributed by atoms with Gasteiger partial charge < -0.3 is 20.1 Å². The van der Waals surface area contributed by atoms with E-state index >= 15 is 0 Å². The number of carbonyl (C=O) groups is 1. The molecule has 0 radical (unpaired) electrons. The number of β-amino-alcohol motifs (C(OH)–C–C–N with tert-alkyl or cyclic N) is 1. The molecule has 2 N–H and O–H groups in total. The first-order valence-corrected chi connectivity index (χ1v) is 9.19. The zero-order valence-electron chi connectivity index (χ0n) is 15.2. The lowest BCUT2D eigenvalue weighted by atomic mass is 9.99. The number of carbonyl (C=O) groups excluding carboxylic acids is 1. The summed E-state index contributed by atoms with van der Waals surface area (Å²) in [5, 5.41) is 12.9. The molecule has 2 saturated heterocycles. The molecule has 6 heteroatoms. The number of nitrogens with one attached hydrogen (secondary N) is 1. The van der Waals surface area contributed by atoms with Crippen molar-refractivity contribution in [2.75, 3.05) is 38.6 Å². The van der Waals surface area contributed by atoms with E-state index in [-0.39, 0.29) is 12.1 Å². The lowest BCUT2D eigenvalue weighted by Crippen LogP contribution is -2.51. The second kappa shape index (κ2) is 8.06. The second-order valence-electron chi connectivity index (χ2n) is 7.12. The molecule has 3 rings (SSSR count). The maximum Gasteiger partial charge on any atom is 0.321 e. The molecule has 1 aromatic carbocycles. The number of aliphatic hydroxyl groups excluding tert-OH is 1. The second-order valence-corrected chi connectivity index (χ2v) is 7.12. The molecule has 1 aromatic rings. The number of ether oxygens (including phenoxy) is 1. The molecule has 138 valence electrons. The van der Waals surface area contributed by atoms with Crippen molar-refractivity contribution in [3.05, 3.63) is 23.8 Å². The van der Waals surface area contributed by atoms with Crippen LogP contribution in [0.5, 0.6) is 5.75 Å². The van der Waals surface area contributed by atoms with Gasteiger partial charge in [0.25, 0.3) is 0 Å². The topological polar surface area (TPSA) is 65.0 Å². The Labute approximate surface area is 149 Å². The zero-order valence-corrected chi connectivity index (χ0v) is 15.2. The van der Waals surface area contributed by atoms with Gasteiger partial charge in [0, 0.05) is 37.4 Å². The maximum absolute atomic E-state index is 12.6. The summed E-state index contributed by atoms with van der Waals surface area (Å²) in [5.74, 6) is 0.739. The Balaban J connectivity index is 1.53. The van der Waals surface area contributed by atoms with E-state index in [0.717, 1.165) is 68.9 Å². The molecular weight excluding hydrogens is 318 g/mol. The number of anilines is 1. The van der Waals surface area contributed by atoms with Crippen molar-refractivity contribution in [3.8, 4) is 5.75 Å². The van der Waals surface area contributed by atoms with E-state index in [1.165, 1.54) is 0 Å². The minimum Gasteiger partial charge on any atom is -0.497 e. The number of rotatable bonds is 3. The van der Waals surface area contributed by atoms with Gasteiger partial charge in [-0.15, -0.1) is 0 Å². The summed E-state index contributed by atoms with van der Waals surface area (Å²) < 4.78 is 5.24. The van der Waals surface area contributed by atoms with E-state index in [9.17, 15) is 9.90 Å². The zero-order chi connectivity index (χ0) is 17.8. The summed E-state index contributed by atoms with van der Waals surface area (Å²) in [6, 6.07) is 6.13. The minimum atomic E-state index is -0.189.